The first-order chi connectivity index (χ1) is 9.35. The van der Waals surface area contributed by atoms with Crippen LogP contribution in [0, 0.1) is 0 Å². The number of rotatable bonds is 5. The molecule has 1 aromatic carbocycles. The maximum absolute atomic E-state index is 2.50. The molecule has 1 heterocycles. The quantitative estimate of drug-likeness (QED) is 0.788. The lowest BCUT2D eigenvalue weighted by atomic mass is 9.93. The standard InChI is InChI=1S/C17H24N2/c1-3-11-18(12-4-2)19-13-15-9-5-7-14-8-6-10-16(19)17(14)15/h6,8,10,13H,3-5,7,9,11-12H2,1-2H3. The SMILES string of the molecule is CCCN(CCC)n1cc2c3c(cccc31)CCC2. The Bertz CT molecular complexity index is 562. The molecule has 102 valence electrons. The van der Waals surface area contributed by atoms with Crippen molar-refractivity contribution in [1.82, 2.24) is 4.68 Å². The van der Waals surface area contributed by atoms with Crippen LogP contribution in [0.1, 0.15) is 44.2 Å². The van der Waals surface area contributed by atoms with Crippen LogP contribution in [0.4, 0.5) is 0 Å². The molecular formula is C17H24N2. The Morgan fingerprint density at radius 3 is 2.53 bits per heavy atom. The number of aryl methyl sites for hydroxylation is 2. The number of aromatic nitrogens is 1. The van der Waals surface area contributed by atoms with Gasteiger partial charge < -0.3 is 5.01 Å². The van der Waals surface area contributed by atoms with E-state index < -0.39 is 0 Å². The average molecular weight is 256 g/mol. The third-order valence-corrected chi connectivity index (χ3v) is 4.14. The molecule has 0 unspecified atom stereocenters. The molecule has 0 atom stereocenters. The Kier molecular flexibility index (Phi) is 3.50. The summed E-state index contributed by atoms with van der Waals surface area (Å²) >= 11 is 0. The molecule has 0 fully saturated rings. The molecule has 0 radical (unpaired) electrons. The second-order valence-electron chi connectivity index (χ2n) is 5.62. The van der Waals surface area contributed by atoms with Gasteiger partial charge in [-0.25, -0.2) is 0 Å². The Hall–Kier alpha value is -1.44. The van der Waals surface area contributed by atoms with Crippen molar-refractivity contribution in [2.45, 2.75) is 46.0 Å². The van der Waals surface area contributed by atoms with E-state index in [1.807, 2.05) is 0 Å². The van der Waals surface area contributed by atoms with Gasteiger partial charge in [-0.15, -0.1) is 0 Å². The summed E-state index contributed by atoms with van der Waals surface area (Å²) in [6.45, 7) is 6.81. The minimum Gasteiger partial charge on any atom is -0.313 e. The molecule has 2 heteroatoms. The van der Waals surface area contributed by atoms with Gasteiger partial charge >= 0.3 is 0 Å². The molecule has 3 rings (SSSR count). The van der Waals surface area contributed by atoms with Crippen molar-refractivity contribution in [2.75, 3.05) is 18.1 Å². The zero-order chi connectivity index (χ0) is 13.2. The molecule has 2 aromatic rings. The van der Waals surface area contributed by atoms with Crippen molar-refractivity contribution in [1.29, 1.82) is 0 Å². The van der Waals surface area contributed by atoms with E-state index in [0.717, 1.165) is 13.1 Å². The van der Waals surface area contributed by atoms with Crippen LogP contribution in [0.3, 0.4) is 0 Å². The van der Waals surface area contributed by atoms with Crippen LogP contribution in [-0.4, -0.2) is 17.8 Å². The molecule has 19 heavy (non-hydrogen) atoms. The smallest absolute Gasteiger partial charge is 0.0700 e. The van der Waals surface area contributed by atoms with Crippen LogP contribution in [0.15, 0.2) is 24.4 Å². The van der Waals surface area contributed by atoms with Crippen molar-refractivity contribution in [3.8, 4) is 0 Å². The Labute approximate surface area is 116 Å². The van der Waals surface area contributed by atoms with E-state index in [1.165, 1.54) is 43.0 Å². The van der Waals surface area contributed by atoms with Crippen LogP contribution in [0.25, 0.3) is 10.9 Å². The summed E-state index contributed by atoms with van der Waals surface area (Å²) in [7, 11) is 0. The third kappa shape index (κ3) is 2.13. The fraction of sp³-hybridized carbons (Fsp3) is 0.529. The van der Waals surface area contributed by atoms with Gasteiger partial charge in [-0.2, -0.15) is 0 Å². The first-order valence-corrected chi connectivity index (χ1v) is 7.72. The monoisotopic (exact) mass is 256 g/mol. The lowest BCUT2D eigenvalue weighted by Gasteiger charge is -2.26. The molecule has 0 amide bonds. The van der Waals surface area contributed by atoms with Crippen molar-refractivity contribution in [3.05, 3.63) is 35.5 Å². The van der Waals surface area contributed by atoms with Gasteiger partial charge in [0.15, 0.2) is 0 Å². The molecule has 0 saturated carbocycles. The van der Waals surface area contributed by atoms with Gasteiger partial charge in [-0.05, 0) is 49.3 Å². The summed E-state index contributed by atoms with van der Waals surface area (Å²) in [4.78, 5) is 0. The number of hydrogen-bond acceptors (Lipinski definition) is 1. The maximum Gasteiger partial charge on any atom is 0.0700 e. The van der Waals surface area contributed by atoms with Gasteiger partial charge in [0, 0.05) is 24.7 Å². The van der Waals surface area contributed by atoms with Crippen molar-refractivity contribution in [2.24, 2.45) is 0 Å². The Morgan fingerprint density at radius 2 is 1.79 bits per heavy atom. The van der Waals surface area contributed by atoms with E-state index in [1.54, 1.807) is 11.1 Å². The molecule has 1 aromatic heterocycles. The summed E-state index contributed by atoms with van der Waals surface area (Å²) in [6, 6.07) is 6.81. The van der Waals surface area contributed by atoms with Crippen molar-refractivity contribution >= 4 is 10.9 Å². The highest BCUT2D eigenvalue weighted by Crippen LogP contribution is 2.31. The first-order valence-electron chi connectivity index (χ1n) is 7.72. The van der Waals surface area contributed by atoms with Crippen molar-refractivity contribution in [3.63, 3.8) is 0 Å². The van der Waals surface area contributed by atoms with E-state index in [-0.39, 0.29) is 0 Å². The molecule has 0 aliphatic heterocycles. The summed E-state index contributed by atoms with van der Waals surface area (Å²) in [5.74, 6) is 0. The molecule has 1 aliphatic rings. The summed E-state index contributed by atoms with van der Waals surface area (Å²) in [5, 5.41) is 4.03. The summed E-state index contributed by atoms with van der Waals surface area (Å²) in [6.07, 6.45) is 8.59. The maximum atomic E-state index is 2.50. The number of nitrogens with zero attached hydrogens (tertiary/aromatic N) is 2. The molecule has 1 aliphatic carbocycles. The van der Waals surface area contributed by atoms with Crippen molar-refractivity contribution < 1.29 is 0 Å². The van der Waals surface area contributed by atoms with E-state index in [2.05, 4.69) is 47.9 Å². The summed E-state index contributed by atoms with van der Waals surface area (Å²) < 4.78 is 2.42. The molecule has 0 spiro atoms. The predicted molar refractivity (Wildman–Crippen MR) is 82.5 cm³/mol. The average Bonchev–Trinajstić information content (AvgIpc) is 2.80. The molecule has 0 bridgehead atoms. The minimum atomic E-state index is 1.14. The normalized spacial score (nSPS) is 14.0. The highest BCUT2D eigenvalue weighted by molar-refractivity contribution is 5.88. The van der Waals surface area contributed by atoms with Crippen LogP contribution in [0.2, 0.25) is 0 Å². The fourth-order valence-corrected chi connectivity index (χ4v) is 3.37. The van der Waals surface area contributed by atoms with Gasteiger partial charge in [0.1, 0.15) is 0 Å². The zero-order valence-electron chi connectivity index (χ0n) is 12.2. The highest BCUT2D eigenvalue weighted by Gasteiger charge is 2.18. The topological polar surface area (TPSA) is 8.17 Å². The Morgan fingerprint density at radius 1 is 1.05 bits per heavy atom. The lowest BCUT2D eigenvalue weighted by molar-refractivity contribution is 0.583. The molecule has 0 saturated heterocycles. The fourth-order valence-electron chi connectivity index (χ4n) is 3.37. The number of benzene rings is 1. The van der Waals surface area contributed by atoms with Crippen LogP contribution in [-0.2, 0) is 12.8 Å². The van der Waals surface area contributed by atoms with E-state index >= 15 is 0 Å². The van der Waals surface area contributed by atoms with Crippen LogP contribution >= 0.6 is 0 Å². The number of hydrogen-bond donors (Lipinski definition) is 0. The lowest BCUT2D eigenvalue weighted by Crippen LogP contribution is -2.35. The van der Waals surface area contributed by atoms with Crippen LogP contribution < -0.4 is 5.01 Å². The zero-order valence-corrected chi connectivity index (χ0v) is 12.2. The second kappa shape index (κ2) is 5.28. The third-order valence-electron chi connectivity index (χ3n) is 4.14. The second-order valence-corrected chi connectivity index (χ2v) is 5.62. The largest absolute Gasteiger partial charge is 0.313 e. The van der Waals surface area contributed by atoms with E-state index in [9.17, 15) is 0 Å². The predicted octanol–water partition coefficient (Wildman–Crippen LogP) is 3.89. The Balaban J connectivity index is 2.11. The van der Waals surface area contributed by atoms with Gasteiger partial charge in [0.25, 0.3) is 0 Å². The molecule has 2 nitrogen and oxygen atoms in total. The first kappa shape index (κ1) is 12.6. The van der Waals surface area contributed by atoms with E-state index in [4.69, 9.17) is 0 Å². The molecule has 0 N–H and O–H groups in total. The molecular weight excluding hydrogens is 232 g/mol. The summed E-state index contributed by atoms with van der Waals surface area (Å²) in [5.41, 5.74) is 4.51. The van der Waals surface area contributed by atoms with Gasteiger partial charge in [-0.1, -0.05) is 26.0 Å². The van der Waals surface area contributed by atoms with Gasteiger partial charge in [0.05, 0.1) is 5.52 Å². The van der Waals surface area contributed by atoms with Gasteiger partial charge in [0.2, 0.25) is 0 Å². The van der Waals surface area contributed by atoms with E-state index in [0.29, 0.717) is 0 Å². The van der Waals surface area contributed by atoms with Crippen LogP contribution in [0.5, 0.6) is 0 Å². The highest BCUT2D eigenvalue weighted by atomic mass is 15.5. The minimum absolute atomic E-state index is 1.14. The van der Waals surface area contributed by atoms with Gasteiger partial charge in [-0.3, -0.25) is 4.68 Å².